The molecule has 104 valence electrons. The minimum Gasteiger partial charge on any atom is -0.378 e. The molecule has 2 rings (SSSR count). The average Bonchev–Trinajstić information content (AvgIpc) is 2.43. The lowest BCUT2D eigenvalue weighted by Gasteiger charge is -2.15. The second-order valence-electron chi connectivity index (χ2n) is 5.17. The van der Waals surface area contributed by atoms with Crippen LogP contribution in [-0.4, -0.2) is 20.0 Å². The van der Waals surface area contributed by atoms with Crippen molar-refractivity contribution >= 4 is 17.3 Å². The van der Waals surface area contributed by atoms with Crippen molar-refractivity contribution < 1.29 is 4.79 Å². The highest BCUT2D eigenvalue weighted by Crippen LogP contribution is 2.21. The fourth-order valence-electron chi connectivity index (χ4n) is 2.12. The largest absolute Gasteiger partial charge is 0.378 e. The molecule has 0 radical (unpaired) electrons. The van der Waals surface area contributed by atoms with Crippen LogP contribution in [-0.2, 0) is 0 Å². The lowest BCUT2D eigenvalue weighted by Crippen LogP contribution is -2.15. The van der Waals surface area contributed by atoms with Gasteiger partial charge in [-0.25, -0.2) is 0 Å². The number of benzene rings is 2. The number of hydrogen-bond acceptors (Lipinski definition) is 2. The molecule has 0 spiro atoms. The number of carbonyl (C=O) groups is 1. The summed E-state index contributed by atoms with van der Waals surface area (Å²) >= 11 is 0. The number of carbonyl (C=O) groups excluding carboxylic acids is 1. The maximum atomic E-state index is 12.4. The number of para-hydroxylation sites is 1. The highest BCUT2D eigenvalue weighted by molar-refractivity contribution is 6.05. The van der Waals surface area contributed by atoms with E-state index < -0.39 is 0 Å². The molecule has 20 heavy (non-hydrogen) atoms. The Morgan fingerprint density at radius 3 is 2.20 bits per heavy atom. The van der Waals surface area contributed by atoms with Crippen LogP contribution in [0.4, 0.5) is 11.4 Å². The summed E-state index contributed by atoms with van der Waals surface area (Å²) in [4.78, 5) is 14.3. The van der Waals surface area contributed by atoms with Crippen molar-refractivity contribution in [3.63, 3.8) is 0 Å². The van der Waals surface area contributed by atoms with Crippen LogP contribution in [0.3, 0.4) is 0 Å². The van der Waals surface area contributed by atoms with E-state index in [9.17, 15) is 4.79 Å². The van der Waals surface area contributed by atoms with E-state index in [0.29, 0.717) is 5.56 Å². The zero-order chi connectivity index (χ0) is 14.7. The summed E-state index contributed by atoms with van der Waals surface area (Å²) in [5.74, 6) is -0.0777. The quantitative estimate of drug-likeness (QED) is 0.922. The van der Waals surface area contributed by atoms with E-state index in [0.717, 1.165) is 22.5 Å². The number of anilines is 2. The number of nitrogens with zero attached hydrogens (tertiary/aromatic N) is 1. The standard InChI is InChI=1S/C17H20N2O/c1-12-7-5-8-13(2)16(12)18-17(20)14-9-6-10-15(11-14)19(3)4/h5-11H,1-4H3,(H,18,20). The lowest BCUT2D eigenvalue weighted by atomic mass is 10.1. The molecule has 3 heteroatoms. The third-order valence-electron chi connectivity index (χ3n) is 3.34. The molecule has 0 aromatic heterocycles. The Morgan fingerprint density at radius 1 is 1.00 bits per heavy atom. The summed E-state index contributed by atoms with van der Waals surface area (Å²) in [6.07, 6.45) is 0. The van der Waals surface area contributed by atoms with E-state index in [1.165, 1.54) is 0 Å². The fourth-order valence-corrected chi connectivity index (χ4v) is 2.12. The van der Waals surface area contributed by atoms with E-state index in [1.807, 2.05) is 75.3 Å². The molecule has 3 nitrogen and oxygen atoms in total. The molecule has 1 amide bonds. The second-order valence-corrected chi connectivity index (χ2v) is 5.17. The molecular formula is C17H20N2O. The van der Waals surface area contributed by atoms with Crippen molar-refractivity contribution in [2.45, 2.75) is 13.8 Å². The normalized spacial score (nSPS) is 10.2. The SMILES string of the molecule is Cc1cccc(C)c1NC(=O)c1cccc(N(C)C)c1. The molecule has 0 saturated carbocycles. The van der Waals surface area contributed by atoms with Crippen LogP contribution in [0.1, 0.15) is 21.5 Å². The monoisotopic (exact) mass is 268 g/mol. The van der Waals surface area contributed by atoms with Gasteiger partial charge in [0.25, 0.3) is 5.91 Å². The van der Waals surface area contributed by atoms with Crippen molar-refractivity contribution in [2.75, 3.05) is 24.3 Å². The van der Waals surface area contributed by atoms with Gasteiger partial charge >= 0.3 is 0 Å². The molecule has 0 bridgehead atoms. The van der Waals surface area contributed by atoms with Gasteiger partial charge in [-0.15, -0.1) is 0 Å². The van der Waals surface area contributed by atoms with E-state index >= 15 is 0 Å². The molecule has 0 fully saturated rings. The van der Waals surface area contributed by atoms with Crippen LogP contribution in [0.5, 0.6) is 0 Å². The lowest BCUT2D eigenvalue weighted by molar-refractivity contribution is 0.102. The maximum Gasteiger partial charge on any atom is 0.255 e. The minimum atomic E-state index is -0.0777. The predicted octanol–water partition coefficient (Wildman–Crippen LogP) is 3.62. The molecule has 0 aliphatic rings. The minimum absolute atomic E-state index is 0.0777. The van der Waals surface area contributed by atoms with E-state index in [4.69, 9.17) is 0 Å². The van der Waals surface area contributed by atoms with Crippen molar-refractivity contribution in [3.05, 3.63) is 59.2 Å². The van der Waals surface area contributed by atoms with Gasteiger partial charge in [0.15, 0.2) is 0 Å². The summed E-state index contributed by atoms with van der Waals surface area (Å²) in [7, 11) is 3.92. The highest BCUT2D eigenvalue weighted by atomic mass is 16.1. The Morgan fingerprint density at radius 2 is 1.60 bits per heavy atom. The van der Waals surface area contributed by atoms with Crippen LogP contribution in [0.25, 0.3) is 0 Å². The van der Waals surface area contributed by atoms with Crippen molar-refractivity contribution in [2.24, 2.45) is 0 Å². The maximum absolute atomic E-state index is 12.4. The number of hydrogen-bond donors (Lipinski definition) is 1. The topological polar surface area (TPSA) is 32.3 Å². The van der Waals surface area contributed by atoms with Crippen molar-refractivity contribution in [3.8, 4) is 0 Å². The van der Waals surface area contributed by atoms with E-state index in [2.05, 4.69) is 5.32 Å². The van der Waals surface area contributed by atoms with Crippen molar-refractivity contribution in [1.82, 2.24) is 0 Å². The fraction of sp³-hybridized carbons (Fsp3) is 0.235. The van der Waals surface area contributed by atoms with Gasteiger partial charge in [-0.3, -0.25) is 4.79 Å². The molecule has 0 atom stereocenters. The predicted molar refractivity (Wildman–Crippen MR) is 84.6 cm³/mol. The molecule has 2 aromatic carbocycles. The molecule has 1 N–H and O–H groups in total. The van der Waals surface area contributed by atoms with Crippen LogP contribution < -0.4 is 10.2 Å². The Bertz CT molecular complexity index is 612. The Hall–Kier alpha value is -2.29. The van der Waals surface area contributed by atoms with Gasteiger partial charge in [0, 0.05) is 31.0 Å². The van der Waals surface area contributed by atoms with Crippen LogP contribution in [0, 0.1) is 13.8 Å². The summed E-state index contributed by atoms with van der Waals surface area (Å²) in [6.45, 7) is 4.00. The summed E-state index contributed by atoms with van der Waals surface area (Å²) in [5.41, 5.74) is 4.72. The third-order valence-corrected chi connectivity index (χ3v) is 3.34. The van der Waals surface area contributed by atoms with Crippen LogP contribution in [0.15, 0.2) is 42.5 Å². The zero-order valence-corrected chi connectivity index (χ0v) is 12.4. The second kappa shape index (κ2) is 5.78. The van der Waals surface area contributed by atoms with Gasteiger partial charge < -0.3 is 10.2 Å². The molecule has 0 heterocycles. The van der Waals surface area contributed by atoms with Gasteiger partial charge in [-0.1, -0.05) is 24.3 Å². The van der Waals surface area contributed by atoms with E-state index in [-0.39, 0.29) is 5.91 Å². The molecule has 0 aliphatic heterocycles. The van der Waals surface area contributed by atoms with Gasteiger partial charge in [0.2, 0.25) is 0 Å². The van der Waals surface area contributed by atoms with Crippen LogP contribution in [0.2, 0.25) is 0 Å². The first-order valence-corrected chi connectivity index (χ1v) is 6.64. The summed E-state index contributed by atoms with van der Waals surface area (Å²) in [6, 6.07) is 13.6. The van der Waals surface area contributed by atoms with Gasteiger partial charge in [-0.2, -0.15) is 0 Å². The van der Waals surface area contributed by atoms with Crippen molar-refractivity contribution in [1.29, 1.82) is 0 Å². The molecule has 2 aromatic rings. The summed E-state index contributed by atoms with van der Waals surface area (Å²) < 4.78 is 0. The third kappa shape index (κ3) is 2.99. The smallest absolute Gasteiger partial charge is 0.255 e. The van der Waals surface area contributed by atoms with Crippen LogP contribution >= 0.6 is 0 Å². The molecule has 0 unspecified atom stereocenters. The number of rotatable bonds is 3. The zero-order valence-electron chi connectivity index (χ0n) is 12.4. The number of aryl methyl sites for hydroxylation is 2. The highest BCUT2D eigenvalue weighted by Gasteiger charge is 2.10. The summed E-state index contributed by atoms with van der Waals surface area (Å²) in [5, 5.41) is 3.00. The first kappa shape index (κ1) is 14.1. The van der Waals surface area contributed by atoms with Gasteiger partial charge in [0.05, 0.1) is 0 Å². The van der Waals surface area contributed by atoms with E-state index in [1.54, 1.807) is 0 Å². The number of amides is 1. The molecule has 0 saturated heterocycles. The Labute approximate surface area is 120 Å². The average molecular weight is 268 g/mol. The molecule has 0 aliphatic carbocycles. The first-order valence-electron chi connectivity index (χ1n) is 6.64. The Kier molecular flexibility index (Phi) is 4.08. The molecular weight excluding hydrogens is 248 g/mol. The Balaban J connectivity index is 2.26. The number of nitrogens with one attached hydrogen (secondary N) is 1. The first-order chi connectivity index (χ1) is 9.49. The van der Waals surface area contributed by atoms with Gasteiger partial charge in [-0.05, 0) is 43.2 Å². The van der Waals surface area contributed by atoms with Gasteiger partial charge in [0.1, 0.15) is 0 Å².